The van der Waals surface area contributed by atoms with Crippen molar-refractivity contribution in [2.24, 2.45) is 0 Å². The molecule has 4 heteroatoms. The number of benzene rings is 1. The predicted octanol–water partition coefficient (Wildman–Crippen LogP) is 2.38. The lowest BCUT2D eigenvalue weighted by molar-refractivity contribution is 0.286. The highest BCUT2D eigenvalue weighted by atomic mass is 19.1. The van der Waals surface area contributed by atoms with Crippen LogP contribution < -0.4 is 10.5 Å². The van der Waals surface area contributed by atoms with Crippen LogP contribution in [0.3, 0.4) is 0 Å². The maximum Gasteiger partial charge on any atom is 0.165 e. The first-order valence-corrected chi connectivity index (χ1v) is 4.83. The van der Waals surface area contributed by atoms with Gasteiger partial charge in [0.15, 0.2) is 11.6 Å². The number of nitrogens with zero attached hydrogens (tertiary/aromatic N) is 1. The van der Waals surface area contributed by atoms with Gasteiger partial charge in [0.25, 0.3) is 0 Å². The molecule has 2 aromatic rings. The smallest absolute Gasteiger partial charge is 0.165 e. The Labute approximate surface area is 92.7 Å². The van der Waals surface area contributed by atoms with Crippen molar-refractivity contribution >= 4 is 5.69 Å². The van der Waals surface area contributed by atoms with Crippen molar-refractivity contribution in [3.8, 4) is 5.75 Å². The fourth-order valence-corrected chi connectivity index (χ4v) is 1.23. The molecule has 0 aliphatic rings. The molecule has 2 N–H and O–H groups in total. The minimum Gasteiger partial charge on any atom is -0.484 e. The zero-order valence-electron chi connectivity index (χ0n) is 8.56. The lowest BCUT2D eigenvalue weighted by Crippen LogP contribution is -2.00. The van der Waals surface area contributed by atoms with Crippen LogP contribution in [0, 0.1) is 5.82 Å². The van der Waals surface area contributed by atoms with Crippen molar-refractivity contribution in [3.05, 3.63) is 54.1 Å². The van der Waals surface area contributed by atoms with Gasteiger partial charge in [-0.05, 0) is 24.3 Å². The summed E-state index contributed by atoms with van der Waals surface area (Å²) in [5.41, 5.74) is 6.79. The van der Waals surface area contributed by atoms with E-state index >= 15 is 0 Å². The van der Waals surface area contributed by atoms with Crippen molar-refractivity contribution in [1.29, 1.82) is 0 Å². The van der Waals surface area contributed by atoms with Crippen molar-refractivity contribution in [2.75, 3.05) is 5.73 Å². The van der Waals surface area contributed by atoms with E-state index in [4.69, 9.17) is 10.5 Å². The third kappa shape index (κ3) is 2.48. The third-order valence-corrected chi connectivity index (χ3v) is 2.06. The van der Waals surface area contributed by atoms with Crippen LogP contribution in [0.1, 0.15) is 5.69 Å². The SMILES string of the molecule is Nc1ccc(COc2ccccc2F)nc1. The first-order chi connectivity index (χ1) is 7.75. The molecule has 3 nitrogen and oxygen atoms in total. The summed E-state index contributed by atoms with van der Waals surface area (Å²) in [5.74, 6) is -0.154. The molecule has 0 saturated carbocycles. The predicted molar refractivity (Wildman–Crippen MR) is 59.4 cm³/mol. The number of pyridine rings is 1. The molecular weight excluding hydrogens is 207 g/mol. The van der Waals surface area contributed by atoms with E-state index in [-0.39, 0.29) is 18.2 Å². The lowest BCUT2D eigenvalue weighted by Gasteiger charge is -2.06. The lowest BCUT2D eigenvalue weighted by atomic mass is 10.3. The number of nitrogens with two attached hydrogens (primary N) is 1. The van der Waals surface area contributed by atoms with E-state index < -0.39 is 0 Å². The fourth-order valence-electron chi connectivity index (χ4n) is 1.23. The molecule has 0 spiro atoms. The van der Waals surface area contributed by atoms with Crippen LogP contribution in [0.2, 0.25) is 0 Å². The Morgan fingerprint density at radius 3 is 2.69 bits per heavy atom. The second kappa shape index (κ2) is 4.61. The molecule has 0 atom stereocenters. The van der Waals surface area contributed by atoms with Crippen molar-refractivity contribution in [3.63, 3.8) is 0 Å². The molecule has 0 aliphatic carbocycles. The maximum atomic E-state index is 13.2. The number of ether oxygens (including phenoxy) is 1. The molecule has 1 heterocycles. The molecule has 16 heavy (non-hydrogen) atoms. The van der Waals surface area contributed by atoms with E-state index in [1.54, 1.807) is 36.5 Å². The molecule has 0 radical (unpaired) electrons. The molecule has 1 aromatic heterocycles. The van der Waals surface area contributed by atoms with E-state index in [0.717, 1.165) is 0 Å². The van der Waals surface area contributed by atoms with Crippen molar-refractivity contribution in [1.82, 2.24) is 4.98 Å². The highest BCUT2D eigenvalue weighted by molar-refractivity contribution is 5.34. The Hall–Kier alpha value is -2.10. The van der Waals surface area contributed by atoms with Crippen molar-refractivity contribution < 1.29 is 9.13 Å². The van der Waals surface area contributed by atoms with Gasteiger partial charge in [-0.3, -0.25) is 4.98 Å². The molecule has 2 rings (SSSR count). The van der Waals surface area contributed by atoms with Gasteiger partial charge in [0.05, 0.1) is 17.6 Å². The number of aromatic nitrogens is 1. The fraction of sp³-hybridized carbons (Fsp3) is 0.0833. The van der Waals surface area contributed by atoms with Crippen LogP contribution in [0.5, 0.6) is 5.75 Å². The number of hydrogen-bond donors (Lipinski definition) is 1. The number of para-hydroxylation sites is 1. The summed E-state index contributed by atoms with van der Waals surface area (Å²) >= 11 is 0. The zero-order valence-corrected chi connectivity index (χ0v) is 8.56. The summed E-state index contributed by atoms with van der Waals surface area (Å²) < 4.78 is 18.5. The minimum absolute atomic E-state index is 0.223. The molecule has 0 bridgehead atoms. The Morgan fingerprint density at radius 2 is 2.00 bits per heavy atom. The summed E-state index contributed by atoms with van der Waals surface area (Å²) in [4.78, 5) is 4.05. The quantitative estimate of drug-likeness (QED) is 0.860. The minimum atomic E-state index is -0.377. The number of rotatable bonds is 3. The number of hydrogen-bond acceptors (Lipinski definition) is 3. The molecule has 0 amide bonds. The van der Waals surface area contributed by atoms with Crippen LogP contribution in [0.15, 0.2) is 42.6 Å². The van der Waals surface area contributed by atoms with Crippen LogP contribution >= 0.6 is 0 Å². The Kier molecular flexibility index (Phi) is 3.00. The van der Waals surface area contributed by atoms with Gasteiger partial charge in [-0.15, -0.1) is 0 Å². The van der Waals surface area contributed by atoms with E-state index in [1.165, 1.54) is 6.07 Å². The second-order valence-corrected chi connectivity index (χ2v) is 3.30. The average Bonchev–Trinajstić information content (AvgIpc) is 2.30. The third-order valence-electron chi connectivity index (χ3n) is 2.06. The van der Waals surface area contributed by atoms with Crippen LogP contribution in [0.25, 0.3) is 0 Å². The summed E-state index contributed by atoms with van der Waals surface area (Å²) in [6.07, 6.45) is 1.54. The zero-order chi connectivity index (χ0) is 11.4. The van der Waals surface area contributed by atoms with Gasteiger partial charge in [-0.25, -0.2) is 4.39 Å². The van der Waals surface area contributed by atoms with Gasteiger partial charge in [-0.2, -0.15) is 0 Å². The van der Waals surface area contributed by atoms with Crippen LogP contribution in [-0.4, -0.2) is 4.98 Å². The van der Waals surface area contributed by atoms with Gasteiger partial charge >= 0.3 is 0 Å². The normalized spacial score (nSPS) is 10.1. The Balaban J connectivity index is 2.02. The van der Waals surface area contributed by atoms with Gasteiger partial charge in [-0.1, -0.05) is 12.1 Å². The van der Waals surface area contributed by atoms with E-state index in [2.05, 4.69) is 4.98 Å². The monoisotopic (exact) mass is 218 g/mol. The van der Waals surface area contributed by atoms with Gasteiger partial charge in [0.2, 0.25) is 0 Å². The van der Waals surface area contributed by atoms with E-state index in [1.807, 2.05) is 0 Å². The first-order valence-electron chi connectivity index (χ1n) is 4.83. The second-order valence-electron chi connectivity index (χ2n) is 3.30. The molecule has 82 valence electrons. The molecule has 1 aromatic carbocycles. The summed E-state index contributed by atoms with van der Waals surface area (Å²) in [6.45, 7) is 0.223. The van der Waals surface area contributed by atoms with Crippen molar-refractivity contribution in [2.45, 2.75) is 6.61 Å². The van der Waals surface area contributed by atoms with E-state index in [0.29, 0.717) is 11.4 Å². The molecule has 0 aliphatic heterocycles. The van der Waals surface area contributed by atoms with Crippen LogP contribution in [-0.2, 0) is 6.61 Å². The topological polar surface area (TPSA) is 48.1 Å². The first kappa shape index (κ1) is 10.4. The highest BCUT2D eigenvalue weighted by Crippen LogP contribution is 2.16. The summed E-state index contributed by atoms with van der Waals surface area (Å²) in [7, 11) is 0. The number of anilines is 1. The molecule has 0 saturated heterocycles. The maximum absolute atomic E-state index is 13.2. The number of nitrogen functional groups attached to an aromatic ring is 1. The number of halogens is 1. The largest absolute Gasteiger partial charge is 0.484 e. The van der Waals surface area contributed by atoms with E-state index in [9.17, 15) is 4.39 Å². The molecule has 0 fully saturated rings. The Bertz CT molecular complexity index is 471. The van der Waals surface area contributed by atoms with Gasteiger partial charge < -0.3 is 10.5 Å². The standard InChI is InChI=1S/C12H11FN2O/c13-11-3-1-2-4-12(11)16-8-10-6-5-9(14)7-15-10/h1-7H,8,14H2. The average molecular weight is 218 g/mol. The van der Waals surface area contributed by atoms with Crippen LogP contribution in [0.4, 0.5) is 10.1 Å². The Morgan fingerprint density at radius 1 is 1.19 bits per heavy atom. The van der Waals surface area contributed by atoms with Gasteiger partial charge in [0, 0.05) is 0 Å². The van der Waals surface area contributed by atoms with Gasteiger partial charge in [0.1, 0.15) is 6.61 Å². The molecule has 0 unspecified atom stereocenters. The summed E-state index contributed by atoms with van der Waals surface area (Å²) in [6, 6.07) is 9.74. The molecular formula is C12H11FN2O. The summed E-state index contributed by atoms with van der Waals surface area (Å²) in [5, 5.41) is 0. The highest BCUT2D eigenvalue weighted by Gasteiger charge is 2.02.